The van der Waals surface area contributed by atoms with Gasteiger partial charge in [-0.15, -0.1) is 0 Å². The summed E-state index contributed by atoms with van der Waals surface area (Å²) in [5.74, 6) is 0.500. The predicted octanol–water partition coefficient (Wildman–Crippen LogP) is 1.82. The Balaban J connectivity index is 2.22. The van der Waals surface area contributed by atoms with Crippen molar-refractivity contribution in [2.75, 3.05) is 13.2 Å². The molecule has 0 bridgehead atoms. The van der Waals surface area contributed by atoms with Crippen molar-refractivity contribution < 1.29 is 17.3 Å². The lowest BCUT2D eigenvalue weighted by Crippen LogP contribution is -2.09. The Morgan fingerprint density at radius 3 is 2.67 bits per heavy atom. The second kappa shape index (κ2) is 7.03. The highest BCUT2D eigenvalue weighted by Gasteiger charge is 2.02. The van der Waals surface area contributed by atoms with E-state index < -0.39 is 11.4 Å². The van der Waals surface area contributed by atoms with Crippen LogP contribution in [-0.4, -0.2) is 17.4 Å². The highest BCUT2D eigenvalue weighted by atomic mass is 32.2. The third-order valence-corrected chi connectivity index (χ3v) is 2.09. The van der Waals surface area contributed by atoms with Crippen molar-refractivity contribution in [3.8, 4) is 5.75 Å². The zero-order valence-electron chi connectivity index (χ0n) is 8.13. The molecule has 0 radical (unpaired) electrons. The van der Waals surface area contributed by atoms with E-state index >= 15 is 0 Å². The first-order valence-corrected chi connectivity index (χ1v) is 5.34. The van der Waals surface area contributed by atoms with Gasteiger partial charge in [-0.25, -0.2) is 0 Å². The molecule has 1 atom stereocenters. The molecule has 0 spiro atoms. The summed E-state index contributed by atoms with van der Waals surface area (Å²) in [7, 11) is 0. The smallest absolute Gasteiger partial charge is 0.360 e. The van der Waals surface area contributed by atoms with E-state index in [1.807, 2.05) is 6.07 Å². The van der Waals surface area contributed by atoms with Gasteiger partial charge in [-0.1, -0.05) is 24.8 Å². The first-order valence-electron chi connectivity index (χ1n) is 4.34. The van der Waals surface area contributed by atoms with E-state index in [1.165, 1.54) is 6.26 Å². The van der Waals surface area contributed by atoms with Crippen LogP contribution < -0.4 is 4.18 Å². The van der Waals surface area contributed by atoms with Crippen LogP contribution in [0.3, 0.4) is 0 Å². The maximum Gasteiger partial charge on any atom is 0.360 e. The highest BCUT2D eigenvalue weighted by molar-refractivity contribution is 7.75. The topological polar surface area (TPSA) is 44.8 Å². The molecule has 15 heavy (non-hydrogen) atoms. The molecule has 0 heterocycles. The van der Waals surface area contributed by atoms with Gasteiger partial charge >= 0.3 is 11.4 Å². The Kier molecular flexibility index (Phi) is 5.50. The third-order valence-electron chi connectivity index (χ3n) is 1.41. The summed E-state index contributed by atoms with van der Waals surface area (Å²) in [4.78, 5) is 0. The van der Waals surface area contributed by atoms with Gasteiger partial charge in [-0.05, 0) is 12.1 Å². The third kappa shape index (κ3) is 5.19. The zero-order chi connectivity index (χ0) is 10.9. The second-order valence-electron chi connectivity index (χ2n) is 2.46. The van der Waals surface area contributed by atoms with E-state index in [9.17, 15) is 4.21 Å². The van der Waals surface area contributed by atoms with E-state index in [-0.39, 0.29) is 6.61 Å². The van der Waals surface area contributed by atoms with E-state index in [0.29, 0.717) is 12.4 Å². The molecule has 0 aliphatic heterocycles. The molecule has 0 aromatic heterocycles. The van der Waals surface area contributed by atoms with Crippen LogP contribution in [0.5, 0.6) is 5.75 Å². The van der Waals surface area contributed by atoms with Crippen molar-refractivity contribution in [1.29, 1.82) is 0 Å². The Morgan fingerprint density at radius 2 is 2.00 bits per heavy atom. The van der Waals surface area contributed by atoms with Crippen LogP contribution in [0, 0.1) is 0 Å². The SMILES string of the molecule is C=COCCOS(=O)Oc1ccccc1. The molecule has 0 saturated heterocycles. The monoisotopic (exact) mass is 228 g/mol. The van der Waals surface area contributed by atoms with E-state index in [4.69, 9.17) is 13.1 Å². The molecule has 1 aromatic carbocycles. The number of benzene rings is 1. The van der Waals surface area contributed by atoms with Crippen LogP contribution in [-0.2, 0) is 20.3 Å². The van der Waals surface area contributed by atoms with Crippen molar-refractivity contribution in [1.82, 2.24) is 0 Å². The molecular weight excluding hydrogens is 216 g/mol. The summed E-state index contributed by atoms with van der Waals surface area (Å²) in [5, 5.41) is 0. The summed E-state index contributed by atoms with van der Waals surface area (Å²) in [6.07, 6.45) is 1.30. The zero-order valence-corrected chi connectivity index (χ0v) is 8.94. The van der Waals surface area contributed by atoms with Crippen LogP contribution in [0.2, 0.25) is 0 Å². The Hall–Kier alpha value is -1.33. The molecule has 0 fully saturated rings. The fourth-order valence-corrected chi connectivity index (χ4v) is 1.33. The Bertz CT molecular complexity index is 312. The van der Waals surface area contributed by atoms with E-state index in [0.717, 1.165) is 0 Å². The number of para-hydroxylation sites is 1. The maximum absolute atomic E-state index is 11.2. The van der Waals surface area contributed by atoms with Gasteiger partial charge in [0.1, 0.15) is 19.0 Å². The number of hydrogen-bond donors (Lipinski definition) is 0. The molecular formula is C10H12O4S. The summed E-state index contributed by atoms with van der Waals surface area (Å²) < 4.78 is 25.7. The van der Waals surface area contributed by atoms with Gasteiger partial charge in [0.15, 0.2) is 0 Å². The fraction of sp³-hybridized carbons (Fsp3) is 0.200. The number of ether oxygens (including phenoxy) is 1. The summed E-state index contributed by atoms with van der Waals surface area (Å²) >= 11 is -1.79. The molecule has 0 aliphatic carbocycles. The van der Waals surface area contributed by atoms with Gasteiger partial charge in [0.2, 0.25) is 0 Å². The van der Waals surface area contributed by atoms with Crippen molar-refractivity contribution in [3.63, 3.8) is 0 Å². The van der Waals surface area contributed by atoms with Crippen molar-refractivity contribution in [2.24, 2.45) is 0 Å². The Labute approximate surface area is 91.3 Å². The molecule has 0 saturated carbocycles. The molecule has 4 nitrogen and oxygen atoms in total. The summed E-state index contributed by atoms with van der Waals surface area (Å²) in [5.41, 5.74) is 0. The largest absolute Gasteiger partial charge is 0.499 e. The van der Waals surface area contributed by atoms with Gasteiger partial charge in [-0.3, -0.25) is 4.18 Å². The highest BCUT2D eigenvalue weighted by Crippen LogP contribution is 2.09. The van der Waals surface area contributed by atoms with Gasteiger partial charge < -0.3 is 8.92 Å². The lowest BCUT2D eigenvalue weighted by molar-refractivity contribution is 0.182. The molecule has 0 N–H and O–H groups in total. The average Bonchev–Trinajstić information content (AvgIpc) is 2.26. The van der Waals surface area contributed by atoms with E-state index in [1.54, 1.807) is 24.3 Å². The normalized spacial score (nSPS) is 11.7. The predicted molar refractivity (Wildman–Crippen MR) is 57.3 cm³/mol. The lowest BCUT2D eigenvalue weighted by Gasteiger charge is -2.04. The molecule has 1 aromatic rings. The van der Waals surface area contributed by atoms with Crippen LogP contribution in [0.4, 0.5) is 0 Å². The lowest BCUT2D eigenvalue weighted by atomic mass is 10.3. The average molecular weight is 228 g/mol. The summed E-state index contributed by atoms with van der Waals surface area (Å²) in [6.45, 7) is 3.85. The van der Waals surface area contributed by atoms with Gasteiger partial charge in [0, 0.05) is 0 Å². The molecule has 1 unspecified atom stereocenters. The molecule has 0 aliphatic rings. The minimum absolute atomic E-state index is 0.186. The first kappa shape index (κ1) is 11.7. The molecule has 0 amide bonds. The Morgan fingerprint density at radius 1 is 1.27 bits per heavy atom. The fourth-order valence-electron chi connectivity index (χ4n) is 0.812. The standard InChI is InChI=1S/C10H12O4S/c1-2-12-8-9-13-15(11)14-10-6-4-3-5-7-10/h2-7H,1,8-9H2. The van der Waals surface area contributed by atoms with Crippen molar-refractivity contribution in [3.05, 3.63) is 43.2 Å². The maximum atomic E-state index is 11.2. The van der Waals surface area contributed by atoms with Gasteiger partial charge in [0.25, 0.3) is 0 Å². The van der Waals surface area contributed by atoms with Crippen LogP contribution in [0.1, 0.15) is 0 Å². The van der Waals surface area contributed by atoms with Crippen LogP contribution in [0.25, 0.3) is 0 Å². The quantitative estimate of drug-likeness (QED) is 0.527. The van der Waals surface area contributed by atoms with Crippen molar-refractivity contribution in [2.45, 2.75) is 0 Å². The minimum Gasteiger partial charge on any atom is -0.499 e. The molecule has 5 heteroatoms. The van der Waals surface area contributed by atoms with Gasteiger partial charge in [-0.2, -0.15) is 4.21 Å². The van der Waals surface area contributed by atoms with Crippen molar-refractivity contribution >= 4 is 11.4 Å². The number of rotatable bonds is 7. The first-order chi connectivity index (χ1) is 7.33. The molecule has 82 valence electrons. The van der Waals surface area contributed by atoms with Crippen LogP contribution in [0.15, 0.2) is 43.2 Å². The van der Waals surface area contributed by atoms with Gasteiger partial charge in [0.05, 0.1) is 6.26 Å². The number of hydrogen-bond acceptors (Lipinski definition) is 4. The molecule has 1 rings (SSSR count). The summed E-state index contributed by atoms with van der Waals surface area (Å²) in [6, 6.07) is 8.80. The van der Waals surface area contributed by atoms with E-state index in [2.05, 4.69) is 6.58 Å². The van der Waals surface area contributed by atoms with Crippen LogP contribution >= 0.6 is 0 Å². The minimum atomic E-state index is -1.79. The second-order valence-corrected chi connectivity index (χ2v) is 3.27.